The third-order valence-electron chi connectivity index (χ3n) is 4.13. The lowest BCUT2D eigenvalue weighted by molar-refractivity contribution is 0.419. The predicted octanol–water partition coefficient (Wildman–Crippen LogP) is 2.52. The van der Waals surface area contributed by atoms with Gasteiger partial charge >= 0.3 is 0 Å². The van der Waals surface area contributed by atoms with E-state index in [1.807, 2.05) is 23.4 Å². The Morgan fingerprint density at radius 2 is 2.09 bits per heavy atom. The maximum atomic E-state index is 4.34. The van der Waals surface area contributed by atoms with E-state index in [9.17, 15) is 0 Å². The summed E-state index contributed by atoms with van der Waals surface area (Å²) in [5.74, 6) is 0.941. The highest BCUT2D eigenvalue weighted by atomic mass is 127. The van der Waals surface area contributed by atoms with Gasteiger partial charge in [0.15, 0.2) is 5.96 Å². The van der Waals surface area contributed by atoms with Gasteiger partial charge in [-0.1, -0.05) is 6.42 Å². The summed E-state index contributed by atoms with van der Waals surface area (Å²) in [6.45, 7) is 1.92. The van der Waals surface area contributed by atoms with Crippen LogP contribution >= 0.6 is 35.7 Å². The Balaban J connectivity index is 0.00000264. The van der Waals surface area contributed by atoms with E-state index < -0.39 is 0 Å². The lowest BCUT2D eigenvalue weighted by Crippen LogP contribution is -2.45. The molecule has 0 amide bonds. The normalized spacial score (nSPS) is 21.6. The fraction of sp³-hybridized carbons (Fsp3) is 0.800. The lowest BCUT2D eigenvalue weighted by Gasteiger charge is -2.29. The van der Waals surface area contributed by atoms with Crippen LogP contribution in [0.15, 0.2) is 17.6 Å². The van der Waals surface area contributed by atoms with Crippen LogP contribution in [-0.2, 0) is 6.54 Å². The summed E-state index contributed by atoms with van der Waals surface area (Å²) in [4.78, 5) is 4.34. The molecule has 6 nitrogen and oxygen atoms in total. The van der Waals surface area contributed by atoms with E-state index in [1.165, 1.54) is 25.7 Å². The standard InChI is InChI=1S/C15H28N6S.HI/c1-16-15(20-13-6-5-7-14(10-13)22-2)17-8-3-4-9-21-11-18-19-12-21;/h11-14H,3-10H2,1-2H3,(H2,16,17,20);1H. The molecule has 1 aromatic rings. The van der Waals surface area contributed by atoms with E-state index in [-0.39, 0.29) is 24.0 Å². The third-order valence-corrected chi connectivity index (χ3v) is 5.22. The van der Waals surface area contributed by atoms with Crippen molar-refractivity contribution >= 4 is 41.7 Å². The largest absolute Gasteiger partial charge is 0.356 e. The molecular formula is C15H29IN6S. The summed E-state index contributed by atoms with van der Waals surface area (Å²) in [7, 11) is 1.85. The molecule has 0 saturated heterocycles. The van der Waals surface area contributed by atoms with Crippen molar-refractivity contribution in [2.75, 3.05) is 19.8 Å². The molecule has 132 valence electrons. The number of guanidine groups is 1. The number of nitrogens with zero attached hydrogens (tertiary/aromatic N) is 4. The summed E-state index contributed by atoms with van der Waals surface area (Å²) >= 11 is 1.99. The first-order chi connectivity index (χ1) is 10.8. The van der Waals surface area contributed by atoms with Gasteiger partial charge in [-0.15, -0.1) is 34.2 Å². The van der Waals surface area contributed by atoms with Crippen LogP contribution in [0.2, 0.25) is 0 Å². The number of aryl methyl sites for hydroxylation is 1. The zero-order valence-electron chi connectivity index (χ0n) is 14.1. The molecule has 1 aromatic heterocycles. The Hall–Kier alpha value is -0.510. The number of rotatable bonds is 7. The van der Waals surface area contributed by atoms with E-state index in [2.05, 4.69) is 32.1 Å². The molecule has 1 aliphatic carbocycles. The molecule has 0 aliphatic heterocycles. The van der Waals surface area contributed by atoms with E-state index in [1.54, 1.807) is 12.7 Å². The summed E-state index contributed by atoms with van der Waals surface area (Å²) < 4.78 is 2.01. The van der Waals surface area contributed by atoms with Crippen LogP contribution in [0.25, 0.3) is 0 Å². The average molecular weight is 452 g/mol. The minimum Gasteiger partial charge on any atom is -0.356 e. The molecule has 1 saturated carbocycles. The van der Waals surface area contributed by atoms with Crippen molar-refractivity contribution < 1.29 is 0 Å². The molecule has 1 heterocycles. The molecule has 2 N–H and O–H groups in total. The summed E-state index contributed by atoms with van der Waals surface area (Å²) in [5.41, 5.74) is 0. The molecule has 1 fully saturated rings. The topological polar surface area (TPSA) is 67.1 Å². The highest BCUT2D eigenvalue weighted by molar-refractivity contribution is 14.0. The molecule has 0 bridgehead atoms. The highest BCUT2D eigenvalue weighted by Crippen LogP contribution is 2.26. The van der Waals surface area contributed by atoms with Crippen molar-refractivity contribution in [3.63, 3.8) is 0 Å². The fourth-order valence-corrected chi connectivity index (χ4v) is 3.67. The smallest absolute Gasteiger partial charge is 0.191 e. The molecule has 0 radical (unpaired) electrons. The second kappa shape index (κ2) is 11.9. The first-order valence-corrected chi connectivity index (χ1v) is 9.43. The van der Waals surface area contributed by atoms with E-state index in [0.29, 0.717) is 6.04 Å². The molecule has 2 rings (SSSR count). The van der Waals surface area contributed by atoms with Crippen molar-refractivity contribution in [1.82, 2.24) is 25.4 Å². The summed E-state index contributed by atoms with van der Waals surface area (Å²) in [5, 5.41) is 15.4. The molecule has 23 heavy (non-hydrogen) atoms. The zero-order valence-corrected chi connectivity index (χ0v) is 17.2. The van der Waals surface area contributed by atoms with Crippen molar-refractivity contribution in [1.29, 1.82) is 0 Å². The van der Waals surface area contributed by atoms with Crippen LogP contribution in [0.4, 0.5) is 0 Å². The molecule has 1 aliphatic rings. The van der Waals surface area contributed by atoms with Crippen LogP contribution in [0.5, 0.6) is 0 Å². The number of hydrogen-bond acceptors (Lipinski definition) is 4. The van der Waals surface area contributed by atoms with Crippen LogP contribution in [0.3, 0.4) is 0 Å². The van der Waals surface area contributed by atoms with Gasteiger partial charge in [0, 0.05) is 31.4 Å². The van der Waals surface area contributed by atoms with E-state index in [0.717, 1.165) is 37.1 Å². The maximum Gasteiger partial charge on any atom is 0.191 e. The van der Waals surface area contributed by atoms with Crippen molar-refractivity contribution in [3.05, 3.63) is 12.7 Å². The average Bonchev–Trinajstić information content (AvgIpc) is 3.07. The maximum absolute atomic E-state index is 4.34. The van der Waals surface area contributed by atoms with Gasteiger partial charge in [0.1, 0.15) is 12.7 Å². The van der Waals surface area contributed by atoms with Gasteiger partial charge in [-0.2, -0.15) is 11.8 Å². The molecular weight excluding hydrogens is 423 g/mol. The Bertz CT molecular complexity index is 439. The lowest BCUT2D eigenvalue weighted by atomic mass is 9.95. The Morgan fingerprint density at radius 3 is 2.78 bits per heavy atom. The van der Waals surface area contributed by atoms with Gasteiger partial charge in [-0.3, -0.25) is 4.99 Å². The van der Waals surface area contributed by atoms with Crippen molar-refractivity contribution in [2.24, 2.45) is 4.99 Å². The number of unbranched alkanes of at least 4 members (excludes halogenated alkanes) is 1. The van der Waals surface area contributed by atoms with Crippen LogP contribution < -0.4 is 10.6 Å². The number of halogens is 1. The molecule has 0 spiro atoms. The quantitative estimate of drug-likeness (QED) is 0.288. The van der Waals surface area contributed by atoms with E-state index >= 15 is 0 Å². The van der Waals surface area contributed by atoms with Crippen molar-refractivity contribution in [2.45, 2.75) is 56.4 Å². The van der Waals surface area contributed by atoms with E-state index in [4.69, 9.17) is 0 Å². The molecule has 8 heteroatoms. The SMILES string of the molecule is CN=C(NCCCCn1cnnc1)NC1CCCC(SC)C1.I. The van der Waals surface area contributed by atoms with Gasteiger partial charge < -0.3 is 15.2 Å². The first kappa shape index (κ1) is 20.5. The predicted molar refractivity (Wildman–Crippen MR) is 109 cm³/mol. The second-order valence-corrected chi connectivity index (χ2v) is 6.91. The second-order valence-electron chi connectivity index (χ2n) is 5.77. The minimum absolute atomic E-state index is 0. The van der Waals surface area contributed by atoms with Gasteiger partial charge in [0.05, 0.1) is 0 Å². The van der Waals surface area contributed by atoms with Crippen LogP contribution in [0.1, 0.15) is 38.5 Å². The molecule has 2 unspecified atom stereocenters. The van der Waals surface area contributed by atoms with Crippen molar-refractivity contribution in [3.8, 4) is 0 Å². The number of aliphatic imine (C=N–C) groups is 1. The highest BCUT2D eigenvalue weighted by Gasteiger charge is 2.21. The molecule has 0 aromatic carbocycles. The van der Waals surface area contributed by atoms with Crippen LogP contribution in [0, 0.1) is 0 Å². The molecule has 2 atom stereocenters. The van der Waals surface area contributed by atoms with Gasteiger partial charge in [-0.05, 0) is 38.4 Å². The Labute approximate surface area is 160 Å². The number of thioether (sulfide) groups is 1. The first-order valence-electron chi connectivity index (χ1n) is 8.14. The zero-order chi connectivity index (χ0) is 15.6. The minimum atomic E-state index is 0. The Morgan fingerprint density at radius 1 is 1.30 bits per heavy atom. The van der Waals surface area contributed by atoms with Gasteiger partial charge in [0.25, 0.3) is 0 Å². The fourth-order valence-electron chi connectivity index (χ4n) is 2.84. The third kappa shape index (κ3) is 7.73. The Kier molecular flexibility index (Phi) is 10.7. The van der Waals surface area contributed by atoms with Crippen LogP contribution in [-0.4, -0.2) is 51.9 Å². The summed E-state index contributed by atoms with van der Waals surface area (Å²) in [6, 6.07) is 0.564. The number of hydrogen-bond donors (Lipinski definition) is 2. The van der Waals surface area contributed by atoms with Gasteiger partial charge in [0.2, 0.25) is 0 Å². The summed E-state index contributed by atoms with van der Waals surface area (Å²) in [6.07, 6.45) is 13.1. The monoisotopic (exact) mass is 452 g/mol. The number of nitrogens with one attached hydrogen (secondary N) is 2. The van der Waals surface area contributed by atoms with Gasteiger partial charge in [-0.25, -0.2) is 0 Å². The number of aromatic nitrogens is 3.